The molecule has 2 rings (SSSR count). The first kappa shape index (κ1) is 15.0. The summed E-state index contributed by atoms with van der Waals surface area (Å²) >= 11 is 5.83. The highest BCUT2D eigenvalue weighted by atomic mass is 35.5. The summed E-state index contributed by atoms with van der Waals surface area (Å²) in [5.41, 5.74) is 8.01. The third-order valence-electron chi connectivity index (χ3n) is 3.54. The highest BCUT2D eigenvalue weighted by Crippen LogP contribution is 2.18. The highest BCUT2D eigenvalue weighted by molar-refractivity contribution is 6.30. The lowest BCUT2D eigenvalue weighted by Crippen LogP contribution is -2.15. The van der Waals surface area contributed by atoms with Crippen LogP contribution in [0.5, 0.6) is 0 Å². The molecule has 20 heavy (non-hydrogen) atoms. The molecule has 1 atom stereocenters. The van der Waals surface area contributed by atoms with E-state index in [2.05, 4.69) is 23.9 Å². The Kier molecular flexibility index (Phi) is 5.15. The van der Waals surface area contributed by atoms with Crippen molar-refractivity contribution < 1.29 is 0 Å². The average molecular weight is 293 g/mol. The lowest BCUT2D eigenvalue weighted by molar-refractivity contribution is 0.424. The molecule has 108 valence electrons. The highest BCUT2D eigenvalue weighted by Gasteiger charge is 2.12. The molecule has 2 aromatic heterocycles. The quantitative estimate of drug-likeness (QED) is 0.886. The third kappa shape index (κ3) is 3.58. The Hall–Kier alpha value is -1.39. The fraction of sp³-hybridized carbons (Fsp3) is 0.467. The van der Waals surface area contributed by atoms with Gasteiger partial charge < -0.3 is 5.73 Å². The molecule has 0 bridgehead atoms. The maximum Gasteiger partial charge on any atom is 0.0644 e. The monoisotopic (exact) mass is 292 g/mol. The number of aromatic nitrogens is 3. The Morgan fingerprint density at radius 1 is 1.25 bits per heavy atom. The van der Waals surface area contributed by atoms with E-state index in [0.717, 1.165) is 24.2 Å². The van der Waals surface area contributed by atoms with Crippen molar-refractivity contribution in [3.05, 3.63) is 47.0 Å². The van der Waals surface area contributed by atoms with Crippen molar-refractivity contribution in [2.24, 2.45) is 5.73 Å². The lowest BCUT2D eigenvalue weighted by Gasteiger charge is -2.13. The van der Waals surface area contributed by atoms with Gasteiger partial charge in [-0.05, 0) is 31.0 Å². The summed E-state index contributed by atoms with van der Waals surface area (Å²) < 4.78 is 2.04. The summed E-state index contributed by atoms with van der Waals surface area (Å²) in [5, 5.41) is 5.24. The number of rotatable bonds is 6. The van der Waals surface area contributed by atoms with Crippen LogP contribution in [0.25, 0.3) is 0 Å². The van der Waals surface area contributed by atoms with Gasteiger partial charge in [-0.1, -0.05) is 25.4 Å². The predicted molar refractivity (Wildman–Crippen MR) is 81.7 cm³/mol. The molecule has 0 aliphatic heterocycles. The molecule has 0 aliphatic rings. The van der Waals surface area contributed by atoms with Gasteiger partial charge in [0.1, 0.15) is 0 Å². The molecule has 2 heterocycles. The molecule has 0 saturated carbocycles. The van der Waals surface area contributed by atoms with Crippen LogP contribution in [0.3, 0.4) is 0 Å². The van der Waals surface area contributed by atoms with Gasteiger partial charge in [-0.2, -0.15) is 5.10 Å². The van der Waals surface area contributed by atoms with Gasteiger partial charge in [-0.25, -0.2) is 0 Å². The zero-order chi connectivity index (χ0) is 14.5. The lowest BCUT2D eigenvalue weighted by atomic mass is 10.1. The minimum absolute atomic E-state index is 0.155. The summed E-state index contributed by atoms with van der Waals surface area (Å²) in [5.74, 6) is 0. The van der Waals surface area contributed by atoms with E-state index < -0.39 is 0 Å². The van der Waals surface area contributed by atoms with E-state index in [1.54, 1.807) is 6.20 Å². The summed E-state index contributed by atoms with van der Waals surface area (Å²) in [6.07, 6.45) is 6.52. The normalized spacial score (nSPS) is 12.8. The molecule has 0 aromatic carbocycles. The Balaban J connectivity index is 2.04. The first-order valence-electron chi connectivity index (χ1n) is 7.05. The molecule has 0 amide bonds. The smallest absolute Gasteiger partial charge is 0.0644 e. The maximum absolute atomic E-state index is 6.17. The molecule has 2 aromatic rings. The Morgan fingerprint density at radius 2 is 2.00 bits per heavy atom. The fourth-order valence-electron chi connectivity index (χ4n) is 2.29. The first-order chi connectivity index (χ1) is 9.63. The SMILES string of the molecule is CCC(CC)n1ccc(CC(N)c2ccc(Cl)cn2)n1. The second kappa shape index (κ2) is 6.86. The number of hydrogen-bond acceptors (Lipinski definition) is 3. The van der Waals surface area contributed by atoms with Crippen LogP contribution in [0.2, 0.25) is 5.02 Å². The van der Waals surface area contributed by atoms with Crippen LogP contribution in [-0.4, -0.2) is 14.8 Å². The largest absolute Gasteiger partial charge is 0.322 e. The number of nitrogens with zero attached hydrogens (tertiary/aromatic N) is 3. The van der Waals surface area contributed by atoms with Crippen molar-refractivity contribution in [2.75, 3.05) is 0 Å². The van der Waals surface area contributed by atoms with E-state index in [1.807, 2.05) is 29.1 Å². The summed E-state index contributed by atoms with van der Waals surface area (Å²) in [6, 6.07) is 6.02. The van der Waals surface area contributed by atoms with E-state index in [0.29, 0.717) is 17.5 Å². The van der Waals surface area contributed by atoms with Gasteiger partial charge in [0.05, 0.1) is 28.5 Å². The van der Waals surface area contributed by atoms with Gasteiger partial charge in [0.25, 0.3) is 0 Å². The summed E-state index contributed by atoms with van der Waals surface area (Å²) in [6.45, 7) is 4.36. The second-order valence-corrected chi connectivity index (χ2v) is 5.41. The van der Waals surface area contributed by atoms with E-state index in [1.165, 1.54) is 0 Å². The maximum atomic E-state index is 6.17. The number of nitrogens with two attached hydrogens (primary N) is 1. The summed E-state index contributed by atoms with van der Waals surface area (Å²) in [4.78, 5) is 4.26. The Morgan fingerprint density at radius 3 is 2.60 bits per heavy atom. The van der Waals surface area contributed by atoms with E-state index in [4.69, 9.17) is 17.3 Å². The van der Waals surface area contributed by atoms with Crippen molar-refractivity contribution in [1.82, 2.24) is 14.8 Å². The van der Waals surface area contributed by atoms with Crippen LogP contribution in [0, 0.1) is 0 Å². The average Bonchev–Trinajstić information content (AvgIpc) is 2.89. The van der Waals surface area contributed by atoms with Crippen molar-refractivity contribution in [2.45, 2.75) is 45.2 Å². The molecule has 0 radical (unpaired) electrons. The molecular weight excluding hydrogens is 272 g/mol. The molecule has 0 saturated heterocycles. The molecule has 0 spiro atoms. The number of halogens is 1. The van der Waals surface area contributed by atoms with Crippen molar-refractivity contribution in [3.8, 4) is 0 Å². The molecule has 2 N–H and O–H groups in total. The molecule has 5 heteroatoms. The van der Waals surface area contributed by atoms with Gasteiger partial charge >= 0.3 is 0 Å². The minimum atomic E-state index is -0.155. The van der Waals surface area contributed by atoms with Gasteiger partial charge in [0, 0.05) is 18.8 Å². The van der Waals surface area contributed by atoms with Gasteiger partial charge in [0.15, 0.2) is 0 Å². The Labute approximate surface area is 125 Å². The van der Waals surface area contributed by atoms with Crippen LogP contribution >= 0.6 is 11.6 Å². The van der Waals surface area contributed by atoms with Crippen LogP contribution in [0.15, 0.2) is 30.6 Å². The first-order valence-corrected chi connectivity index (χ1v) is 7.42. The van der Waals surface area contributed by atoms with E-state index >= 15 is 0 Å². The minimum Gasteiger partial charge on any atom is -0.322 e. The zero-order valence-electron chi connectivity index (χ0n) is 12.0. The zero-order valence-corrected chi connectivity index (χ0v) is 12.7. The second-order valence-electron chi connectivity index (χ2n) is 4.97. The number of hydrogen-bond donors (Lipinski definition) is 1. The fourth-order valence-corrected chi connectivity index (χ4v) is 2.40. The molecule has 4 nitrogen and oxygen atoms in total. The van der Waals surface area contributed by atoms with Gasteiger partial charge in [-0.15, -0.1) is 0 Å². The topological polar surface area (TPSA) is 56.7 Å². The van der Waals surface area contributed by atoms with Gasteiger partial charge in [-0.3, -0.25) is 9.67 Å². The van der Waals surface area contributed by atoms with Crippen molar-refractivity contribution in [1.29, 1.82) is 0 Å². The van der Waals surface area contributed by atoms with Crippen molar-refractivity contribution in [3.63, 3.8) is 0 Å². The van der Waals surface area contributed by atoms with E-state index in [9.17, 15) is 0 Å². The van der Waals surface area contributed by atoms with Gasteiger partial charge in [0.2, 0.25) is 0 Å². The standard InChI is InChI=1S/C15H21ClN4/c1-3-13(4-2)20-8-7-12(19-20)9-14(17)15-6-5-11(16)10-18-15/h5-8,10,13-14H,3-4,9,17H2,1-2H3. The predicted octanol–water partition coefficient (Wildman–Crippen LogP) is 3.54. The van der Waals surface area contributed by atoms with Crippen LogP contribution in [0.1, 0.15) is 50.2 Å². The Bertz CT molecular complexity index is 531. The third-order valence-corrected chi connectivity index (χ3v) is 3.76. The van der Waals surface area contributed by atoms with Crippen LogP contribution in [0.4, 0.5) is 0 Å². The van der Waals surface area contributed by atoms with Crippen LogP contribution in [-0.2, 0) is 6.42 Å². The molecular formula is C15H21ClN4. The number of pyridine rings is 1. The van der Waals surface area contributed by atoms with E-state index in [-0.39, 0.29) is 6.04 Å². The molecule has 0 fully saturated rings. The van der Waals surface area contributed by atoms with Crippen molar-refractivity contribution >= 4 is 11.6 Å². The molecule has 0 aliphatic carbocycles. The molecule has 1 unspecified atom stereocenters. The van der Waals surface area contributed by atoms with Crippen LogP contribution < -0.4 is 5.73 Å². The summed E-state index contributed by atoms with van der Waals surface area (Å²) in [7, 11) is 0.